The molecule has 9 nitrogen and oxygen atoms in total. The second kappa shape index (κ2) is 12.5. The van der Waals surface area contributed by atoms with Gasteiger partial charge in [0.1, 0.15) is 17.5 Å². The van der Waals surface area contributed by atoms with Crippen molar-refractivity contribution in [1.82, 2.24) is 14.2 Å². The number of nitrogens with zero attached hydrogens (tertiary/aromatic N) is 4. The van der Waals surface area contributed by atoms with Crippen LogP contribution in [0.15, 0.2) is 65.7 Å². The first-order valence-corrected chi connectivity index (χ1v) is 14.3. The molecular formula is C30H29FN4O5S. The number of aromatic nitrogens is 1. The van der Waals surface area contributed by atoms with Crippen molar-refractivity contribution in [2.45, 2.75) is 30.9 Å². The number of carbonyl (C=O) groups is 1. The molecule has 0 unspecified atom stereocenters. The molecule has 4 rings (SSSR count). The molecule has 0 aliphatic carbocycles. The van der Waals surface area contributed by atoms with E-state index in [0.29, 0.717) is 16.7 Å². The molecular weight excluding hydrogens is 547 g/mol. The number of nitriles is 1. The summed E-state index contributed by atoms with van der Waals surface area (Å²) in [5, 5.41) is 18.9. The van der Waals surface area contributed by atoms with Gasteiger partial charge in [0.05, 0.1) is 35.7 Å². The zero-order valence-corrected chi connectivity index (χ0v) is 23.6. The molecule has 1 aromatic heterocycles. The van der Waals surface area contributed by atoms with Gasteiger partial charge in [0, 0.05) is 36.8 Å². The molecule has 0 bridgehead atoms. The minimum absolute atomic E-state index is 0.0261. The van der Waals surface area contributed by atoms with Crippen LogP contribution in [0.1, 0.15) is 40.9 Å². The van der Waals surface area contributed by atoms with Crippen LogP contribution in [0.5, 0.6) is 5.88 Å². The van der Waals surface area contributed by atoms with E-state index in [2.05, 4.69) is 16.8 Å². The highest BCUT2D eigenvalue weighted by molar-refractivity contribution is 7.89. The van der Waals surface area contributed by atoms with E-state index >= 15 is 0 Å². The summed E-state index contributed by atoms with van der Waals surface area (Å²) in [6.45, 7) is 3.43. The van der Waals surface area contributed by atoms with E-state index in [1.165, 1.54) is 71.0 Å². The summed E-state index contributed by atoms with van der Waals surface area (Å²) < 4.78 is 47.1. The molecule has 0 saturated carbocycles. The molecule has 0 radical (unpaired) electrons. The Hall–Kier alpha value is -4.29. The Bertz CT molecular complexity index is 1630. The summed E-state index contributed by atoms with van der Waals surface area (Å²) in [6.07, 6.45) is 0.750. The summed E-state index contributed by atoms with van der Waals surface area (Å²) in [5.74, 6) is 4.75. The molecule has 1 aliphatic rings. The van der Waals surface area contributed by atoms with Gasteiger partial charge in [-0.2, -0.15) is 9.57 Å². The van der Waals surface area contributed by atoms with Gasteiger partial charge in [-0.25, -0.2) is 17.8 Å². The zero-order valence-electron chi connectivity index (χ0n) is 22.8. The summed E-state index contributed by atoms with van der Waals surface area (Å²) >= 11 is 0. The number of rotatable bonds is 6. The molecule has 1 amide bonds. The highest BCUT2D eigenvalue weighted by atomic mass is 32.2. The third kappa shape index (κ3) is 6.72. The lowest BCUT2D eigenvalue weighted by atomic mass is 10.0. The number of halogens is 1. The van der Waals surface area contributed by atoms with E-state index in [0.717, 1.165) is 0 Å². The fourth-order valence-electron chi connectivity index (χ4n) is 4.30. The Balaban J connectivity index is 1.67. The lowest BCUT2D eigenvalue weighted by Crippen LogP contribution is -2.50. The van der Waals surface area contributed by atoms with Gasteiger partial charge in [-0.15, -0.1) is 0 Å². The van der Waals surface area contributed by atoms with E-state index < -0.39 is 28.1 Å². The highest BCUT2D eigenvalue weighted by Gasteiger charge is 2.36. The molecule has 3 aromatic rings. The quantitative estimate of drug-likeness (QED) is 0.448. The molecule has 2 aromatic carbocycles. The number of pyridine rings is 1. The third-order valence-corrected chi connectivity index (χ3v) is 8.68. The molecule has 1 aliphatic heterocycles. The topological polar surface area (TPSA) is 124 Å². The van der Waals surface area contributed by atoms with Crippen LogP contribution < -0.4 is 4.74 Å². The van der Waals surface area contributed by atoms with Crippen molar-refractivity contribution >= 4 is 15.9 Å². The van der Waals surface area contributed by atoms with Crippen molar-refractivity contribution in [1.29, 1.82) is 5.26 Å². The van der Waals surface area contributed by atoms with Crippen molar-refractivity contribution in [2.24, 2.45) is 5.92 Å². The molecule has 1 N–H and O–H groups in total. The number of hydrogen-bond donors (Lipinski definition) is 1. The summed E-state index contributed by atoms with van der Waals surface area (Å²) in [6, 6.07) is 14.3. The number of aliphatic hydroxyl groups is 1. The minimum Gasteiger partial charge on any atom is -0.472 e. The van der Waals surface area contributed by atoms with Crippen LogP contribution in [0.25, 0.3) is 0 Å². The van der Waals surface area contributed by atoms with Gasteiger partial charge in [0.2, 0.25) is 15.9 Å². The maximum absolute atomic E-state index is 13.6. The predicted octanol–water partition coefficient (Wildman–Crippen LogP) is 3.03. The van der Waals surface area contributed by atoms with Crippen molar-refractivity contribution in [3.63, 3.8) is 0 Å². The number of amides is 1. The number of carbonyl (C=O) groups excluding carboxylic acids is 1. The van der Waals surface area contributed by atoms with Crippen LogP contribution >= 0.6 is 0 Å². The lowest BCUT2D eigenvalue weighted by Gasteiger charge is -2.37. The van der Waals surface area contributed by atoms with Gasteiger partial charge in [-0.3, -0.25) is 4.79 Å². The van der Waals surface area contributed by atoms with E-state index in [9.17, 15) is 22.7 Å². The molecule has 41 heavy (non-hydrogen) atoms. The number of ether oxygens (including phenoxy) is 1. The summed E-state index contributed by atoms with van der Waals surface area (Å²) in [7, 11) is -2.48. The number of fused-ring (bicyclic) bond motifs is 1. The van der Waals surface area contributed by atoms with E-state index in [1.54, 1.807) is 13.0 Å². The van der Waals surface area contributed by atoms with Crippen LogP contribution in [0.4, 0.5) is 4.39 Å². The molecule has 0 saturated heterocycles. The monoisotopic (exact) mass is 576 g/mol. The summed E-state index contributed by atoms with van der Waals surface area (Å²) in [4.78, 5) is 19.5. The van der Waals surface area contributed by atoms with Crippen molar-refractivity contribution in [3.8, 4) is 23.8 Å². The van der Waals surface area contributed by atoms with Gasteiger partial charge in [-0.05, 0) is 61.5 Å². The fourth-order valence-corrected chi connectivity index (χ4v) is 5.48. The number of benzene rings is 2. The van der Waals surface area contributed by atoms with Gasteiger partial charge < -0.3 is 14.7 Å². The average Bonchev–Trinajstić information content (AvgIpc) is 2.98. The summed E-state index contributed by atoms with van der Waals surface area (Å²) in [5.41, 5.74) is 1.48. The van der Waals surface area contributed by atoms with Crippen molar-refractivity contribution in [2.75, 3.05) is 26.7 Å². The SMILES string of the molecule is C[C@H](CO)N1C[C@H](C)[C@H](CN(C)S(=O)(=O)c2ccc(C#N)cc2)Oc2ncc(C#Cc3ccc(F)cc3)cc2C1=O. The Morgan fingerprint density at radius 1 is 1.15 bits per heavy atom. The van der Waals surface area contributed by atoms with Gasteiger partial charge in [0.15, 0.2) is 0 Å². The maximum atomic E-state index is 13.6. The minimum atomic E-state index is -3.91. The van der Waals surface area contributed by atoms with Crippen LogP contribution in [0.2, 0.25) is 0 Å². The number of sulfonamides is 1. The Kier molecular flexibility index (Phi) is 9.04. The van der Waals surface area contributed by atoms with E-state index in [-0.39, 0.29) is 47.8 Å². The normalized spacial score (nSPS) is 17.8. The molecule has 0 spiro atoms. The van der Waals surface area contributed by atoms with Crippen LogP contribution in [0, 0.1) is 34.9 Å². The average molecular weight is 577 g/mol. The van der Waals surface area contributed by atoms with Crippen LogP contribution in [0.3, 0.4) is 0 Å². The Morgan fingerprint density at radius 2 is 1.78 bits per heavy atom. The molecule has 212 valence electrons. The predicted molar refractivity (Wildman–Crippen MR) is 149 cm³/mol. The van der Waals surface area contributed by atoms with Gasteiger partial charge in [-0.1, -0.05) is 18.8 Å². The van der Waals surface area contributed by atoms with Crippen molar-refractivity contribution < 1.29 is 27.4 Å². The molecule has 2 heterocycles. The highest BCUT2D eigenvalue weighted by Crippen LogP contribution is 2.28. The first-order valence-electron chi connectivity index (χ1n) is 12.9. The number of aliphatic hydroxyl groups excluding tert-OH is 1. The Labute approximate surface area is 238 Å². The lowest BCUT2D eigenvalue weighted by molar-refractivity contribution is 0.0373. The van der Waals surface area contributed by atoms with Gasteiger partial charge in [0.25, 0.3) is 5.91 Å². The van der Waals surface area contributed by atoms with Crippen LogP contribution in [-0.4, -0.2) is 72.5 Å². The molecule has 11 heteroatoms. The number of hydrogen-bond acceptors (Lipinski definition) is 7. The third-order valence-electron chi connectivity index (χ3n) is 6.85. The van der Waals surface area contributed by atoms with Crippen molar-refractivity contribution in [3.05, 3.63) is 88.9 Å². The Morgan fingerprint density at radius 3 is 2.41 bits per heavy atom. The first-order chi connectivity index (χ1) is 19.5. The number of likely N-dealkylation sites (N-methyl/N-ethyl adjacent to an activating group) is 1. The second-order valence-corrected chi connectivity index (χ2v) is 11.9. The smallest absolute Gasteiger partial charge is 0.259 e. The molecule has 0 fully saturated rings. The van der Waals surface area contributed by atoms with Crippen LogP contribution in [-0.2, 0) is 10.0 Å². The first kappa shape index (κ1) is 29.7. The largest absolute Gasteiger partial charge is 0.472 e. The second-order valence-electron chi connectivity index (χ2n) is 9.88. The fraction of sp³-hybridized carbons (Fsp3) is 0.300. The van der Waals surface area contributed by atoms with E-state index in [1.807, 2.05) is 13.0 Å². The maximum Gasteiger partial charge on any atom is 0.259 e. The standard InChI is InChI=1S/C30H29FN4O5S/c1-20-17-35(21(2)19-36)30(37)27-14-24(5-4-22-6-10-25(31)11-7-22)16-33-29(27)40-28(20)18-34(3)41(38,39)26-12-8-23(15-32)9-13-26/h6-14,16,20-21,28,36H,17-19H2,1-3H3/t20-,21+,28-/m0/s1. The zero-order chi connectivity index (χ0) is 29.7. The van der Waals surface area contributed by atoms with Gasteiger partial charge >= 0.3 is 0 Å². The molecule has 3 atom stereocenters. The van der Waals surface area contributed by atoms with E-state index in [4.69, 9.17) is 10.00 Å².